The van der Waals surface area contributed by atoms with Crippen LogP contribution in [0.2, 0.25) is 0 Å². The minimum Gasteiger partial charge on any atom is -0.259 e. The van der Waals surface area contributed by atoms with Crippen LogP contribution in [0.25, 0.3) is 0 Å². The molecule has 0 aliphatic carbocycles. The lowest BCUT2D eigenvalue weighted by Gasteiger charge is -2.05. The Bertz CT molecular complexity index is 420. The van der Waals surface area contributed by atoms with Gasteiger partial charge in [-0.05, 0) is 37.0 Å². The molecule has 1 aromatic carbocycles. The molecule has 0 heterocycles. The fourth-order valence-corrected chi connectivity index (χ4v) is 2.63. The Morgan fingerprint density at radius 1 is 1.31 bits per heavy atom. The minimum atomic E-state index is -0.838. The number of nitriles is 1. The quantitative estimate of drug-likeness (QED) is 0.736. The zero-order chi connectivity index (χ0) is 12.0. The maximum absolute atomic E-state index is 11.7. The molecule has 0 fully saturated rings. The fourth-order valence-electron chi connectivity index (χ4n) is 1.46. The van der Waals surface area contributed by atoms with E-state index in [1.54, 1.807) is 0 Å². The van der Waals surface area contributed by atoms with Crippen molar-refractivity contribution in [2.45, 2.75) is 32.4 Å². The molecule has 16 heavy (non-hydrogen) atoms. The second-order valence-electron chi connectivity index (χ2n) is 3.97. The van der Waals surface area contributed by atoms with Crippen LogP contribution in [-0.2, 0) is 16.6 Å². The number of rotatable bonds is 5. The van der Waals surface area contributed by atoms with Gasteiger partial charge in [-0.3, -0.25) is 4.21 Å². The van der Waals surface area contributed by atoms with Gasteiger partial charge in [0.25, 0.3) is 0 Å². The summed E-state index contributed by atoms with van der Waals surface area (Å²) in [5.41, 5.74) is 3.63. The highest BCUT2D eigenvalue weighted by atomic mass is 32.2. The van der Waals surface area contributed by atoms with E-state index in [-0.39, 0.29) is 0 Å². The van der Waals surface area contributed by atoms with Crippen LogP contribution in [0.4, 0.5) is 0 Å². The van der Waals surface area contributed by atoms with E-state index >= 15 is 0 Å². The van der Waals surface area contributed by atoms with E-state index in [1.165, 1.54) is 11.1 Å². The third-order valence-electron chi connectivity index (χ3n) is 2.56. The van der Waals surface area contributed by atoms with Crippen LogP contribution >= 0.6 is 0 Å². The van der Waals surface area contributed by atoms with E-state index in [2.05, 4.69) is 32.0 Å². The van der Waals surface area contributed by atoms with Crippen molar-refractivity contribution in [2.24, 2.45) is 0 Å². The van der Waals surface area contributed by atoms with Gasteiger partial charge in [-0.25, -0.2) is 0 Å². The fraction of sp³-hybridized carbons (Fsp3) is 0.462. The molecule has 3 heteroatoms. The Hall–Kier alpha value is -1.14. The smallest absolute Gasteiger partial charge is 0.0622 e. The van der Waals surface area contributed by atoms with Gasteiger partial charge in [-0.2, -0.15) is 5.26 Å². The third-order valence-corrected chi connectivity index (χ3v) is 3.96. The highest BCUT2D eigenvalue weighted by Crippen LogP contribution is 2.12. The Morgan fingerprint density at radius 2 is 2.06 bits per heavy atom. The molecule has 0 aliphatic heterocycles. The van der Waals surface area contributed by atoms with Crippen LogP contribution in [0, 0.1) is 25.2 Å². The van der Waals surface area contributed by atoms with Crippen molar-refractivity contribution in [1.29, 1.82) is 5.26 Å². The summed E-state index contributed by atoms with van der Waals surface area (Å²) in [7, 11) is -0.838. The van der Waals surface area contributed by atoms with Crippen molar-refractivity contribution in [3.63, 3.8) is 0 Å². The van der Waals surface area contributed by atoms with Gasteiger partial charge >= 0.3 is 0 Å². The molecule has 0 radical (unpaired) electrons. The van der Waals surface area contributed by atoms with E-state index in [9.17, 15) is 4.21 Å². The van der Waals surface area contributed by atoms with Crippen molar-refractivity contribution in [1.82, 2.24) is 0 Å². The van der Waals surface area contributed by atoms with E-state index in [0.717, 1.165) is 12.0 Å². The summed E-state index contributed by atoms with van der Waals surface area (Å²) >= 11 is 0. The monoisotopic (exact) mass is 235 g/mol. The molecule has 0 saturated carbocycles. The summed E-state index contributed by atoms with van der Waals surface area (Å²) in [6, 6.07) is 8.26. The zero-order valence-corrected chi connectivity index (χ0v) is 10.6. The number of aryl methyl sites for hydroxylation is 2. The van der Waals surface area contributed by atoms with Gasteiger partial charge in [-0.15, -0.1) is 0 Å². The Kier molecular flexibility index (Phi) is 5.21. The Morgan fingerprint density at radius 3 is 2.69 bits per heavy atom. The first-order valence-corrected chi connectivity index (χ1v) is 6.90. The maximum atomic E-state index is 11.7. The van der Waals surface area contributed by atoms with Crippen LogP contribution in [0.15, 0.2) is 18.2 Å². The highest BCUT2D eigenvalue weighted by molar-refractivity contribution is 7.84. The van der Waals surface area contributed by atoms with Gasteiger partial charge in [0, 0.05) is 28.7 Å². The first kappa shape index (κ1) is 12.9. The van der Waals surface area contributed by atoms with Crippen molar-refractivity contribution < 1.29 is 4.21 Å². The van der Waals surface area contributed by atoms with Gasteiger partial charge in [-0.1, -0.05) is 18.2 Å². The molecule has 86 valence electrons. The first-order chi connectivity index (χ1) is 7.63. The molecule has 0 N–H and O–H groups in total. The lowest BCUT2D eigenvalue weighted by Crippen LogP contribution is -2.01. The van der Waals surface area contributed by atoms with Crippen LogP contribution in [0.1, 0.15) is 29.5 Å². The van der Waals surface area contributed by atoms with Crippen LogP contribution in [0.5, 0.6) is 0 Å². The summed E-state index contributed by atoms with van der Waals surface area (Å²) < 4.78 is 11.7. The second kappa shape index (κ2) is 6.44. The molecule has 1 rings (SSSR count). The second-order valence-corrected chi connectivity index (χ2v) is 5.55. The molecular formula is C13H17NOS. The lowest BCUT2D eigenvalue weighted by atomic mass is 10.1. The van der Waals surface area contributed by atoms with Gasteiger partial charge < -0.3 is 0 Å². The predicted molar refractivity (Wildman–Crippen MR) is 67.5 cm³/mol. The van der Waals surface area contributed by atoms with Crippen LogP contribution < -0.4 is 0 Å². The van der Waals surface area contributed by atoms with Gasteiger partial charge in [0.1, 0.15) is 0 Å². The van der Waals surface area contributed by atoms with E-state index in [4.69, 9.17) is 5.26 Å². The summed E-state index contributed by atoms with van der Waals surface area (Å²) in [4.78, 5) is 0. The summed E-state index contributed by atoms with van der Waals surface area (Å²) in [5, 5.41) is 8.39. The Labute approximate surface area is 99.8 Å². The zero-order valence-electron chi connectivity index (χ0n) is 9.82. The molecule has 1 atom stereocenters. The molecule has 1 aromatic rings. The average molecular weight is 235 g/mol. The lowest BCUT2D eigenvalue weighted by molar-refractivity contribution is 0.680. The molecule has 0 aliphatic rings. The molecule has 0 bridgehead atoms. The third kappa shape index (κ3) is 4.16. The number of hydrogen-bond donors (Lipinski definition) is 0. The summed E-state index contributed by atoms with van der Waals surface area (Å²) in [5.74, 6) is 1.23. The van der Waals surface area contributed by atoms with Crippen molar-refractivity contribution in [2.75, 3.05) is 5.75 Å². The standard InChI is InChI=1S/C13H17NOS/c1-11-5-6-13(9-12(11)2)10-16(15)8-4-3-7-14/h5-6,9H,3-4,8,10H2,1-2H3/t16-/m0/s1. The molecule has 0 aromatic heterocycles. The Balaban J connectivity index is 2.50. The largest absolute Gasteiger partial charge is 0.259 e. The number of unbranched alkanes of at least 4 members (excludes halogenated alkanes) is 1. The van der Waals surface area contributed by atoms with Crippen molar-refractivity contribution in [3.05, 3.63) is 34.9 Å². The maximum Gasteiger partial charge on any atom is 0.0622 e. The molecule has 0 saturated heterocycles. The van der Waals surface area contributed by atoms with E-state index in [1.807, 2.05) is 6.07 Å². The van der Waals surface area contributed by atoms with Crippen molar-refractivity contribution >= 4 is 10.8 Å². The van der Waals surface area contributed by atoms with Gasteiger partial charge in [0.15, 0.2) is 0 Å². The summed E-state index contributed by atoms with van der Waals surface area (Å²) in [6.45, 7) is 4.14. The number of nitrogens with zero attached hydrogens (tertiary/aromatic N) is 1. The highest BCUT2D eigenvalue weighted by Gasteiger charge is 2.02. The predicted octanol–water partition coefficient (Wildman–Crippen LogP) is 2.86. The van der Waals surface area contributed by atoms with Crippen LogP contribution in [0.3, 0.4) is 0 Å². The van der Waals surface area contributed by atoms with E-state index < -0.39 is 10.8 Å². The van der Waals surface area contributed by atoms with Crippen LogP contribution in [-0.4, -0.2) is 9.96 Å². The SMILES string of the molecule is Cc1ccc(C[S@@](=O)CCCC#N)cc1C. The molecule has 0 unspecified atom stereocenters. The molecule has 2 nitrogen and oxygen atoms in total. The minimum absolute atomic E-state index is 0.499. The van der Waals surface area contributed by atoms with Gasteiger partial charge in [0.2, 0.25) is 0 Å². The molecular weight excluding hydrogens is 218 g/mol. The molecule has 0 spiro atoms. The van der Waals surface area contributed by atoms with Crippen molar-refractivity contribution in [3.8, 4) is 6.07 Å². The number of benzene rings is 1. The van der Waals surface area contributed by atoms with E-state index in [0.29, 0.717) is 17.9 Å². The van der Waals surface area contributed by atoms with Gasteiger partial charge in [0.05, 0.1) is 6.07 Å². The molecule has 0 amide bonds. The number of hydrogen-bond acceptors (Lipinski definition) is 2. The topological polar surface area (TPSA) is 40.9 Å². The normalized spacial score (nSPS) is 12.1. The summed E-state index contributed by atoms with van der Waals surface area (Å²) in [6.07, 6.45) is 1.23. The average Bonchev–Trinajstić information content (AvgIpc) is 2.24. The first-order valence-electron chi connectivity index (χ1n) is 5.41.